The summed E-state index contributed by atoms with van der Waals surface area (Å²) in [4.78, 5) is 14.3. The van der Waals surface area contributed by atoms with Crippen LogP contribution in [0.5, 0.6) is 0 Å². The largest absolute Gasteiger partial charge is 0.399 e. The molecular formula is C15H21N5O. The van der Waals surface area contributed by atoms with Crippen molar-refractivity contribution in [3.05, 3.63) is 41.2 Å². The first-order valence-electron chi connectivity index (χ1n) is 6.72. The fourth-order valence-corrected chi connectivity index (χ4v) is 2.22. The number of aromatic nitrogens is 2. The lowest BCUT2D eigenvalue weighted by molar-refractivity contribution is 0.0951. The van der Waals surface area contributed by atoms with Crippen LogP contribution in [0.4, 0.5) is 11.4 Å². The average molecular weight is 287 g/mol. The van der Waals surface area contributed by atoms with Crippen LogP contribution < -0.4 is 16.0 Å². The number of carbonyl (C=O) groups is 1. The summed E-state index contributed by atoms with van der Waals surface area (Å²) < 4.78 is 1.74. The third-order valence-electron chi connectivity index (χ3n) is 3.30. The monoisotopic (exact) mass is 287 g/mol. The summed E-state index contributed by atoms with van der Waals surface area (Å²) in [6, 6.07) is 5.33. The SMILES string of the molecule is Cc1nn(C)cc1CNC(=O)c1cc(N)ccc1N(C)C. The van der Waals surface area contributed by atoms with Crippen LogP contribution in [0.2, 0.25) is 0 Å². The number of amides is 1. The number of carbonyl (C=O) groups excluding carboxylic acids is 1. The molecule has 1 heterocycles. The molecule has 3 N–H and O–H groups in total. The van der Waals surface area contributed by atoms with Crippen LogP contribution in [0.3, 0.4) is 0 Å². The van der Waals surface area contributed by atoms with Gasteiger partial charge in [0.15, 0.2) is 0 Å². The minimum Gasteiger partial charge on any atom is -0.399 e. The molecule has 0 aliphatic rings. The van der Waals surface area contributed by atoms with Gasteiger partial charge in [0.25, 0.3) is 5.91 Å². The lowest BCUT2D eigenvalue weighted by atomic mass is 10.1. The Morgan fingerprint density at radius 1 is 1.43 bits per heavy atom. The van der Waals surface area contributed by atoms with E-state index in [1.165, 1.54) is 0 Å². The summed E-state index contributed by atoms with van der Waals surface area (Å²) in [5.41, 5.74) is 9.69. The molecular weight excluding hydrogens is 266 g/mol. The fraction of sp³-hybridized carbons (Fsp3) is 0.333. The van der Waals surface area contributed by atoms with Crippen molar-refractivity contribution in [1.82, 2.24) is 15.1 Å². The summed E-state index contributed by atoms with van der Waals surface area (Å²) in [6.07, 6.45) is 1.90. The molecule has 0 spiro atoms. The van der Waals surface area contributed by atoms with Gasteiger partial charge in [-0.1, -0.05) is 0 Å². The van der Waals surface area contributed by atoms with Crippen molar-refractivity contribution in [2.75, 3.05) is 24.7 Å². The molecule has 0 aliphatic carbocycles. The average Bonchev–Trinajstić information content (AvgIpc) is 2.73. The van der Waals surface area contributed by atoms with Gasteiger partial charge >= 0.3 is 0 Å². The number of hydrogen-bond donors (Lipinski definition) is 2. The van der Waals surface area contributed by atoms with Crippen LogP contribution in [0.1, 0.15) is 21.6 Å². The molecule has 0 saturated carbocycles. The zero-order chi connectivity index (χ0) is 15.6. The van der Waals surface area contributed by atoms with Gasteiger partial charge in [0.05, 0.1) is 11.3 Å². The van der Waals surface area contributed by atoms with E-state index in [4.69, 9.17) is 5.73 Å². The van der Waals surface area contributed by atoms with Crippen molar-refractivity contribution in [1.29, 1.82) is 0 Å². The van der Waals surface area contributed by atoms with Gasteiger partial charge in [-0.15, -0.1) is 0 Å². The number of benzene rings is 1. The second kappa shape index (κ2) is 5.87. The Kier molecular flexibility index (Phi) is 4.16. The van der Waals surface area contributed by atoms with Crippen molar-refractivity contribution >= 4 is 17.3 Å². The van der Waals surface area contributed by atoms with Crippen molar-refractivity contribution in [3.63, 3.8) is 0 Å². The van der Waals surface area contributed by atoms with Crippen molar-refractivity contribution in [3.8, 4) is 0 Å². The number of anilines is 2. The highest BCUT2D eigenvalue weighted by atomic mass is 16.1. The predicted molar refractivity (Wildman–Crippen MR) is 84.3 cm³/mol. The van der Waals surface area contributed by atoms with Gasteiger partial charge in [0.1, 0.15) is 0 Å². The van der Waals surface area contributed by atoms with E-state index in [-0.39, 0.29) is 5.91 Å². The minimum absolute atomic E-state index is 0.144. The molecule has 0 radical (unpaired) electrons. The van der Waals surface area contributed by atoms with Gasteiger partial charge in [-0.2, -0.15) is 5.10 Å². The highest BCUT2D eigenvalue weighted by Crippen LogP contribution is 2.21. The van der Waals surface area contributed by atoms with Crippen LogP contribution in [0, 0.1) is 6.92 Å². The lowest BCUT2D eigenvalue weighted by Crippen LogP contribution is -2.25. The van der Waals surface area contributed by atoms with E-state index in [2.05, 4.69) is 10.4 Å². The summed E-state index contributed by atoms with van der Waals surface area (Å²) in [5.74, 6) is -0.144. The van der Waals surface area contributed by atoms with Crippen LogP contribution in [0.15, 0.2) is 24.4 Å². The van der Waals surface area contributed by atoms with Gasteiger partial charge in [-0.3, -0.25) is 9.48 Å². The maximum Gasteiger partial charge on any atom is 0.253 e. The molecule has 6 heteroatoms. The van der Waals surface area contributed by atoms with Gasteiger partial charge in [0.2, 0.25) is 0 Å². The molecule has 2 rings (SSSR count). The molecule has 2 aromatic rings. The standard InChI is InChI=1S/C15H21N5O/c1-10-11(9-20(4)18-10)8-17-15(21)13-7-12(16)5-6-14(13)19(2)3/h5-7,9H,8,16H2,1-4H3,(H,17,21). The molecule has 0 aliphatic heterocycles. The summed E-state index contributed by atoms with van der Waals surface area (Å²) in [6.45, 7) is 2.37. The molecule has 1 aromatic carbocycles. The molecule has 0 unspecified atom stereocenters. The van der Waals surface area contributed by atoms with Crippen LogP contribution in [-0.4, -0.2) is 29.8 Å². The molecule has 112 valence electrons. The summed E-state index contributed by atoms with van der Waals surface area (Å²) in [5, 5.41) is 7.18. The highest BCUT2D eigenvalue weighted by molar-refractivity contribution is 6.00. The van der Waals surface area contributed by atoms with Crippen LogP contribution in [-0.2, 0) is 13.6 Å². The quantitative estimate of drug-likeness (QED) is 0.831. The molecule has 0 atom stereocenters. The Balaban J connectivity index is 2.17. The molecule has 1 aromatic heterocycles. The third kappa shape index (κ3) is 3.34. The molecule has 0 fully saturated rings. The number of aryl methyl sites for hydroxylation is 2. The number of hydrogen-bond acceptors (Lipinski definition) is 4. The number of nitrogens with zero attached hydrogens (tertiary/aromatic N) is 3. The predicted octanol–water partition coefficient (Wildman–Crippen LogP) is 1.31. The summed E-state index contributed by atoms with van der Waals surface area (Å²) >= 11 is 0. The normalized spacial score (nSPS) is 10.5. The summed E-state index contributed by atoms with van der Waals surface area (Å²) in [7, 11) is 5.65. The molecule has 21 heavy (non-hydrogen) atoms. The van der Waals surface area contributed by atoms with Gasteiger partial charge in [-0.05, 0) is 25.1 Å². The van der Waals surface area contributed by atoms with Gasteiger partial charge in [-0.25, -0.2) is 0 Å². The second-order valence-corrected chi connectivity index (χ2v) is 5.27. The first-order chi connectivity index (χ1) is 9.88. The smallest absolute Gasteiger partial charge is 0.253 e. The van der Waals surface area contributed by atoms with E-state index in [0.717, 1.165) is 16.9 Å². The molecule has 6 nitrogen and oxygen atoms in total. The first kappa shape index (κ1) is 14.9. The van der Waals surface area contributed by atoms with E-state index >= 15 is 0 Å². The fourth-order valence-electron chi connectivity index (χ4n) is 2.22. The maximum absolute atomic E-state index is 12.4. The number of nitrogen functional groups attached to an aromatic ring is 1. The van der Waals surface area contributed by atoms with Crippen molar-refractivity contribution in [2.45, 2.75) is 13.5 Å². The minimum atomic E-state index is -0.144. The zero-order valence-corrected chi connectivity index (χ0v) is 12.8. The van der Waals surface area contributed by atoms with Gasteiger partial charge in [0, 0.05) is 50.8 Å². The number of nitrogens with two attached hydrogens (primary N) is 1. The van der Waals surface area contributed by atoms with E-state index in [1.807, 2.05) is 45.2 Å². The third-order valence-corrected chi connectivity index (χ3v) is 3.30. The molecule has 0 saturated heterocycles. The first-order valence-corrected chi connectivity index (χ1v) is 6.72. The van der Waals surface area contributed by atoms with E-state index < -0.39 is 0 Å². The number of rotatable bonds is 4. The van der Waals surface area contributed by atoms with E-state index in [0.29, 0.717) is 17.8 Å². The van der Waals surface area contributed by atoms with Crippen molar-refractivity contribution < 1.29 is 4.79 Å². The Bertz CT molecular complexity index is 660. The lowest BCUT2D eigenvalue weighted by Gasteiger charge is -2.17. The Hall–Kier alpha value is -2.50. The number of nitrogens with one attached hydrogen (secondary N) is 1. The topological polar surface area (TPSA) is 76.2 Å². The van der Waals surface area contributed by atoms with Crippen LogP contribution >= 0.6 is 0 Å². The Morgan fingerprint density at radius 2 is 2.14 bits per heavy atom. The van der Waals surface area contributed by atoms with Gasteiger partial charge < -0.3 is 16.0 Å². The Labute approximate surface area is 124 Å². The highest BCUT2D eigenvalue weighted by Gasteiger charge is 2.14. The van der Waals surface area contributed by atoms with Crippen molar-refractivity contribution in [2.24, 2.45) is 7.05 Å². The molecule has 1 amide bonds. The Morgan fingerprint density at radius 3 is 2.71 bits per heavy atom. The zero-order valence-electron chi connectivity index (χ0n) is 12.8. The molecule has 0 bridgehead atoms. The van der Waals surface area contributed by atoms with E-state index in [9.17, 15) is 4.79 Å². The second-order valence-electron chi connectivity index (χ2n) is 5.27. The maximum atomic E-state index is 12.4. The van der Waals surface area contributed by atoms with Crippen LogP contribution in [0.25, 0.3) is 0 Å². The van der Waals surface area contributed by atoms with E-state index in [1.54, 1.807) is 16.8 Å².